The predicted octanol–water partition coefficient (Wildman–Crippen LogP) is 13.4. The molecule has 238 valence electrons. The molecule has 0 unspecified atom stereocenters. The van der Waals surface area contributed by atoms with Crippen LogP contribution in [-0.4, -0.2) is 9.55 Å². The number of fused-ring (bicyclic) bond motifs is 9. The van der Waals surface area contributed by atoms with Crippen molar-refractivity contribution in [2.24, 2.45) is 0 Å². The lowest BCUT2D eigenvalue weighted by Crippen LogP contribution is -1.94. The Labute approximate surface area is 297 Å². The van der Waals surface area contributed by atoms with Gasteiger partial charge in [-0.3, -0.25) is 4.98 Å². The third-order valence-electron chi connectivity index (χ3n) is 10.2. The molecule has 0 saturated carbocycles. The molecule has 0 spiro atoms. The van der Waals surface area contributed by atoms with Gasteiger partial charge < -0.3 is 8.98 Å². The summed E-state index contributed by atoms with van der Waals surface area (Å²) in [6.07, 6.45) is 1.82. The Hall–Kier alpha value is -6.49. The van der Waals surface area contributed by atoms with Crippen LogP contribution in [0, 0.1) is 0 Å². The van der Waals surface area contributed by atoms with E-state index in [1.807, 2.05) is 29.7 Å². The Morgan fingerprint density at radius 1 is 0.412 bits per heavy atom. The highest BCUT2D eigenvalue weighted by Gasteiger charge is 2.15. The van der Waals surface area contributed by atoms with Crippen molar-refractivity contribution in [2.75, 3.05) is 0 Å². The van der Waals surface area contributed by atoms with E-state index in [4.69, 9.17) is 4.42 Å². The molecule has 4 heterocycles. The fourth-order valence-corrected chi connectivity index (χ4v) is 8.90. The SMILES string of the molecule is c1cc(-c2ccc3sc4ccccc4c3c2)cc(-c2ccc3c(c2)c2ccccc2n3-c2cccc(-c3ccc4oc5cccnc5c4c3)c2)c1. The fraction of sp³-hybridized carbons (Fsp3) is 0. The number of hydrogen-bond acceptors (Lipinski definition) is 3. The standard InChI is InChI=1S/C47H28N2OS/c1-3-14-41-36(12-1)38-26-32(29-8-5-9-30(24-29)34-19-22-46-39(27-34)37-13-2-4-16-45(37)51-46)17-20-42(38)49(41)35-11-6-10-31(25-35)33-18-21-43-40(28-33)47-44(50-43)15-7-23-48-47/h1-28H. The van der Waals surface area contributed by atoms with Crippen LogP contribution in [0.3, 0.4) is 0 Å². The van der Waals surface area contributed by atoms with E-state index in [0.29, 0.717) is 0 Å². The van der Waals surface area contributed by atoms with Gasteiger partial charge in [0.25, 0.3) is 0 Å². The van der Waals surface area contributed by atoms with Crippen LogP contribution in [0.4, 0.5) is 0 Å². The molecule has 4 heteroatoms. The number of hydrogen-bond donors (Lipinski definition) is 0. The molecule has 0 fully saturated rings. The molecular weight excluding hydrogens is 641 g/mol. The van der Waals surface area contributed by atoms with E-state index < -0.39 is 0 Å². The van der Waals surface area contributed by atoms with E-state index in [0.717, 1.165) is 38.9 Å². The minimum absolute atomic E-state index is 0.809. The first-order valence-corrected chi connectivity index (χ1v) is 18.0. The van der Waals surface area contributed by atoms with Crippen molar-refractivity contribution in [2.45, 2.75) is 0 Å². The molecule has 0 amide bonds. The molecule has 0 aliphatic heterocycles. The summed E-state index contributed by atoms with van der Waals surface area (Å²) in [6.45, 7) is 0. The molecule has 0 aliphatic rings. The Morgan fingerprint density at radius 3 is 1.94 bits per heavy atom. The molecule has 7 aromatic carbocycles. The van der Waals surface area contributed by atoms with Gasteiger partial charge in [0.15, 0.2) is 5.58 Å². The largest absolute Gasteiger partial charge is 0.454 e. The summed E-state index contributed by atoms with van der Waals surface area (Å²) in [5, 5.41) is 6.16. The van der Waals surface area contributed by atoms with Gasteiger partial charge in [0.2, 0.25) is 0 Å². The molecule has 11 aromatic rings. The number of thiophene rings is 1. The molecule has 3 nitrogen and oxygen atoms in total. The van der Waals surface area contributed by atoms with Crippen molar-refractivity contribution in [3.8, 4) is 39.1 Å². The molecule has 0 atom stereocenters. The van der Waals surface area contributed by atoms with Crippen molar-refractivity contribution < 1.29 is 4.42 Å². The minimum Gasteiger partial charge on any atom is -0.454 e. The predicted molar refractivity (Wildman–Crippen MR) is 215 cm³/mol. The van der Waals surface area contributed by atoms with Gasteiger partial charge >= 0.3 is 0 Å². The second-order valence-corrected chi connectivity index (χ2v) is 14.3. The fourth-order valence-electron chi connectivity index (χ4n) is 7.82. The first kappa shape index (κ1) is 28.4. The average molecular weight is 669 g/mol. The summed E-state index contributed by atoms with van der Waals surface area (Å²) in [5.41, 5.74) is 13.2. The van der Waals surface area contributed by atoms with Crippen LogP contribution in [0.15, 0.2) is 174 Å². The topological polar surface area (TPSA) is 31.0 Å². The normalized spacial score (nSPS) is 11.9. The molecule has 0 radical (unpaired) electrons. The van der Waals surface area contributed by atoms with Crippen LogP contribution >= 0.6 is 11.3 Å². The second-order valence-electron chi connectivity index (χ2n) is 13.2. The molecule has 0 aliphatic carbocycles. The number of aromatic nitrogens is 2. The number of rotatable bonds is 4. The maximum Gasteiger partial charge on any atom is 0.153 e. The van der Waals surface area contributed by atoms with Gasteiger partial charge in [0.1, 0.15) is 11.1 Å². The first-order chi connectivity index (χ1) is 25.2. The number of pyridine rings is 1. The summed E-state index contributed by atoms with van der Waals surface area (Å²) in [4.78, 5) is 4.60. The van der Waals surface area contributed by atoms with Crippen LogP contribution < -0.4 is 0 Å². The highest BCUT2D eigenvalue weighted by molar-refractivity contribution is 7.25. The van der Waals surface area contributed by atoms with Crippen LogP contribution in [-0.2, 0) is 0 Å². The zero-order valence-corrected chi connectivity index (χ0v) is 28.2. The van der Waals surface area contributed by atoms with Crippen molar-refractivity contribution in [1.29, 1.82) is 0 Å². The van der Waals surface area contributed by atoms with E-state index in [-0.39, 0.29) is 0 Å². The van der Waals surface area contributed by atoms with Gasteiger partial charge in [-0.25, -0.2) is 0 Å². The lowest BCUT2D eigenvalue weighted by Gasteiger charge is -2.11. The van der Waals surface area contributed by atoms with E-state index in [9.17, 15) is 0 Å². The molecule has 0 saturated heterocycles. The third kappa shape index (κ3) is 4.47. The van der Waals surface area contributed by atoms with Crippen molar-refractivity contribution >= 4 is 75.4 Å². The Kier molecular flexibility index (Phi) is 6.12. The molecule has 0 bridgehead atoms. The van der Waals surface area contributed by atoms with E-state index >= 15 is 0 Å². The molecule has 4 aromatic heterocycles. The van der Waals surface area contributed by atoms with E-state index in [2.05, 4.69) is 161 Å². The van der Waals surface area contributed by atoms with E-state index in [1.165, 1.54) is 64.2 Å². The highest BCUT2D eigenvalue weighted by atomic mass is 32.1. The number of nitrogens with zero attached hydrogens (tertiary/aromatic N) is 2. The summed E-state index contributed by atoms with van der Waals surface area (Å²) in [6, 6.07) is 59.3. The first-order valence-electron chi connectivity index (χ1n) is 17.2. The van der Waals surface area contributed by atoms with Gasteiger partial charge in [-0.05, 0) is 112 Å². The van der Waals surface area contributed by atoms with Crippen molar-refractivity contribution in [3.05, 3.63) is 170 Å². The smallest absolute Gasteiger partial charge is 0.153 e. The number of benzene rings is 7. The molecule has 0 N–H and O–H groups in total. The van der Waals surface area contributed by atoms with Gasteiger partial charge in [-0.1, -0.05) is 84.9 Å². The lowest BCUT2D eigenvalue weighted by molar-refractivity contribution is 0.668. The number of furan rings is 1. The molecular formula is C47H28N2OS. The summed E-state index contributed by atoms with van der Waals surface area (Å²) < 4.78 is 11.1. The number of para-hydroxylation sites is 1. The minimum atomic E-state index is 0.809. The quantitative estimate of drug-likeness (QED) is 0.187. The monoisotopic (exact) mass is 668 g/mol. The molecule has 11 rings (SSSR count). The van der Waals surface area contributed by atoms with Gasteiger partial charge in [-0.2, -0.15) is 0 Å². The van der Waals surface area contributed by atoms with Crippen molar-refractivity contribution in [3.63, 3.8) is 0 Å². The van der Waals surface area contributed by atoms with Crippen LogP contribution in [0.1, 0.15) is 0 Å². The van der Waals surface area contributed by atoms with Gasteiger partial charge in [0, 0.05) is 48.2 Å². The highest BCUT2D eigenvalue weighted by Crippen LogP contribution is 2.39. The van der Waals surface area contributed by atoms with Gasteiger partial charge in [-0.15, -0.1) is 11.3 Å². The zero-order valence-electron chi connectivity index (χ0n) is 27.4. The average Bonchev–Trinajstić information content (AvgIpc) is 3.87. The van der Waals surface area contributed by atoms with Crippen LogP contribution in [0.25, 0.3) is 103 Å². The van der Waals surface area contributed by atoms with Crippen molar-refractivity contribution in [1.82, 2.24) is 9.55 Å². The van der Waals surface area contributed by atoms with Crippen LogP contribution in [0.5, 0.6) is 0 Å². The maximum absolute atomic E-state index is 6.05. The zero-order chi connectivity index (χ0) is 33.5. The third-order valence-corrected chi connectivity index (χ3v) is 11.4. The summed E-state index contributed by atoms with van der Waals surface area (Å²) in [5.74, 6) is 0. The molecule has 51 heavy (non-hydrogen) atoms. The summed E-state index contributed by atoms with van der Waals surface area (Å²) in [7, 11) is 0. The second kappa shape index (κ2) is 11.0. The van der Waals surface area contributed by atoms with Crippen LogP contribution in [0.2, 0.25) is 0 Å². The Balaban J connectivity index is 1.01. The lowest BCUT2D eigenvalue weighted by atomic mass is 9.97. The Bertz CT molecular complexity index is 3160. The van der Waals surface area contributed by atoms with E-state index in [1.54, 1.807) is 0 Å². The summed E-state index contributed by atoms with van der Waals surface area (Å²) >= 11 is 1.86. The van der Waals surface area contributed by atoms with Gasteiger partial charge in [0.05, 0.1) is 11.0 Å². The Morgan fingerprint density at radius 2 is 1.06 bits per heavy atom. The maximum atomic E-state index is 6.05.